The second-order valence-corrected chi connectivity index (χ2v) is 6.13. The minimum Gasteiger partial charge on any atom is -0.398 e. The molecule has 5 heteroatoms. The standard InChI is InChI=1S/C12H12FNOS2/c13-9-3-4-12(11(14)8-9)17(15)7-5-10-2-1-6-16-10/h1-4,6,8H,5,7,14H2. The molecule has 0 fully saturated rings. The zero-order chi connectivity index (χ0) is 12.3. The van der Waals surface area contributed by atoms with E-state index in [1.807, 2.05) is 17.5 Å². The van der Waals surface area contributed by atoms with Crippen LogP contribution in [0, 0.1) is 5.82 Å². The fourth-order valence-electron chi connectivity index (χ4n) is 1.48. The number of nitrogen functional groups attached to an aromatic ring is 1. The van der Waals surface area contributed by atoms with Gasteiger partial charge in [0.25, 0.3) is 0 Å². The lowest BCUT2D eigenvalue weighted by Gasteiger charge is -2.05. The van der Waals surface area contributed by atoms with Crippen molar-refractivity contribution in [3.8, 4) is 0 Å². The molecule has 2 rings (SSSR count). The van der Waals surface area contributed by atoms with Gasteiger partial charge in [0.2, 0.25) is 0 Å². The highest BCUT2D eigenvalue weighted by atomic mass is 32.2. The molecule has 0 aliphatic heterocycles. The highest BCUT2D eigenvalue weighted by Gasteiger charge is 2.09. The van der Waals surface area contributed by atoms with Gasteiger partial charge in [-0.05, 0) is 36.1 Å². The lowest BCUT2D eigenvalue weighted by atomic mass is 10.3. The molecule has 17 heavy (non-hydrogen) atoms. The van der Waals surface area contributed by atoms with Crippen LogP contribution in [0.5, 0.6) is 0 Å². The number of halogens is 1. The summed E-state index contributed by atoms with van der Waals surface area (Å²) in [7, 11) is -1.17. The smallest absolute Gasteiger partial charge is 0.125 e. The van der Waals surface area contributed by atoms with Gasteiger partial charge in [0, 0.05) is 10.6 Å². The Labute approximate surface area is 106 Å². The summed E-state index contributed by atoms with van der Waals surface area (Å²) in [5.41, 5.74) is 5.90. The number of thiophene rings is 1. The summed E-state index contributed by atoms with van der Waals surface area (Å²) in [6.07, 6.45) is 0.751. The molecule has 1 aromatic carbocycles. The SMILES string of the molecule is Nc1cc(F)ccc1S(=O)CCc1cccs1. The Hall–Kier alpha value is -1.20. The number of aryl methyl sites for hydroxylation is 1. The van der Waals surface area contributed by atoms with Gasteiger partial charge in [0.15, 0.2) is 0 Å². The third-order valence-corrected chi connectivity index (χ3v) is 4.70. The first-order valence-electron chi connectivity index (χ1n) is 5.12. The zero-order valence-corrected chi connectivity index (χ0v) is 10.7. The van der Waals surface area contributed by atoms with Crippen LogP contribution in [0.25, 0.3) is 0 Å². The van der Waals surface area contributed by atoms with Gasteiger partial charge in [-0.25, -0.2) is 4.39 Å². The molecule has 0 saturated heterocycles. The van der Waals surface area contributed by atoms with Gasteiger partial charge in [-0.3, -0.25) is 4.21 Å². The molecule has 0 saturated carbocycles. The van der Waals surface area contributed by atoms with Crippen LogP contribution in [0.1, 0.15) is 4.88 Å². The van der Waals surface area contributed by atoms with Crippen molar-refractivity contribution in [2.75, 3.05) is 11.5 Å². The topological polar surface area (TPSA) is 43.1 Å². The first kappa shape index (κ1) is 12.3. The fourth-order valence-corrected chi connectivity index (χ4v) is 3.49. The third-order valence-electron chi connectivity index (χ3n) is 2.33. The average molecular weight is 269 g/mol. The molecule has 1 unspecified atom stereocenters. The van der Waals surface area contributed by atoms with Crippen LogP contribution in [-0.4, -0.2) is 9.96 Å². The number of benzene rings is 1. The van der Waals surface area contributed by atoms with Crippen LogP contribution in [0.4, 0.5) is 10.1 Å². The largest absolute Gasteiger partial charge is 0.398 e. The zero-order valence-electron chi connectivity index (χ0n) is 9.06. The van der Waals surface area contributed by atoms with Gasteiger partial charge in [-0.2, -0.15) is 0 Å². The monoisotopic (exact) mass is 269 g/mol. The molecule has 0 amide bonds. The Kier molecular flexibility index (Phi) is 3.91. The van der Waals surface area contributed by atoms with E-state index in [1.165, 1.54) is 23.1 Å². The molecule has 2 aromatic rings. The molecule has 0 aliphatic rings. The maximum atomic E-state index is 12.8. The second kappa shape index (κ2) is 5.42. The first-order valence-corrected chi connectivity index (χ1v) is 7.32. The van der Waals surface area contributed by atoms with Gasteiger partial charge in [-0.15, -0.1) is 11.3 Å². The lowest BCUT2D eigenvalue weighted by Crippen LogP contribution is -2.04. The Balaban J connectivity index is 2.04. The molecular formula is C12H12FNOS2. The van der Waals surface area contributed by atoms with E-state index >= 15 is 0 Å². The van der Waals surface area contributed by atoms with Gasteiger partial charge in [0.05, 0.1) is 21.4 Å². The van der Waals surface area contributed by atoms with Crippen molar-refractivity contribution in [1.82, 2.24) is 0 Å². The van der Waals surface area contributed by atoms with Gasteiger partial charge in [0.1, 0.15) is 5.82 Å². The van der Waals surface area contributed by atoms with E-state index in [2.05, 4.69) is 0 Å². The van der Waals surface area contributed by atoms with Crippen LogP contribution in [-0.2, 0) is 17.2 Å². The summed E-state index contributed by atoms with van der Waals surface area (Å²) in [5.74, 6) is 0.109. The van der Waals surface area contributed by atoms with Crippen molar-refractivity contribution >= 4 is 27.8 Å². The normalized spacial score (nSPS) is 12.5. The number of hydrogen-bond acceptors (Lipinski definition) is 3. The van der Waals surface area contributed by atoms with Crippen LogP contribution >= 0.6 is 11.3 Å². The number of hydrogen-bond donors (Lipinski definition) is 1. The van der Waals surface area contributed by atoms with Crippen LogP contribution in [0.2, 0.25) is 0 Å². The average Bonchev–Trinajstić information content (AvgIpc) is 2.78. The third kappa shape index (κ3) is 3.14. The molecule has 90 valence electrons. The van der Waals surface area contributed by atoms with E-state index in [0.29, 0.717) is 10.6 Å². The quantitative estimate of drug-likeness (QED) is 0.867. The van der Waals surface area contributed by atoms with E-state index in [4.69, 9.17) is 5.73 Å². The van der Waals surface area contributed by atoms with Crippen LogP contribution in [0.3, 0.4) is 0 Å². The highest BCUT2D eigenvalue weighted by molar-refractivity contribution is 7.85. The summed E-state index contributed by atoms with van der Waals surface area (Å²) >= 11 is 1.64. The molecule has 0 bridgehead atoms. The van der Waals surface area contributed by atoms with E-state index in [9.17, 15) is 8.60 Å². The van der Waals surface area contributed by atoms with E-state index in [-0.39, 0.29) is 5.69 Å². The summed E-state index contributed by atoms with van der Waals surface area (Å²) in [6, 6.07) is 7.97. The molecule has 2 N–H and O–H groups in total. The maximum Gasteiger partial charge on any atom is 0.125 e. The summed E-state index contributed by atoms with van der Waals surface area (Å²) in [4.78, 5) is 1.71. The molecular weight excluding hydrogens is 257 g/mol. The van der Waals surface area contributed by atoms with Crippen molar-refractivity contribution < 1.29 is 8.60 Å². The first-order chi connectivity index (χ1) is 8.16. The van der Waals surface area contributed by atoms with Gasteiger partial charge >= 0.3 is 0 Å². The van der Waals surface area contributed by atoms with E-state index in [1.54, 1.807) is 11.3 Å². The molecule has 0 spiro atoms. The number of anilines is 1. The fraction of sp³-hybridized carbons (Fsp3) is 0.167. The number of rotatable bonds is 4. The molecule has 0 radical (unpaired) electrons. The van der Waals surface area contributed by atoms with E-state index < -0.39 is 16.6 Å². The maximum absolute atomic E-state index is 12.8. The van der Waals surface area contributed by atoms with E-state index in [0.717, 1.165) is 6.42 Å². The van der Waals surface area contributed by atoms with Gasteiger partial charge < -0.3 is 5.73 Å². The van der Waals surface area contributed by atoms with Crippen molar-refractivity contribution in [3.05, 3.63) is 46.4 Å². The Morgan fingerprint density at radius 1 is 1.35 bits per heavy atom. The molecule has 1 heterocycles. The predicted octanol–water partition coefficient (Wildman–Crippen LogP) is 2.82. The Bertz CT molecular complexity index is 525. The van der Waals surface area contributed by atoms with Crippen molar-refractivity contribution in [3.63, 3.8) is 0 Å². The molecule has 0 aliphatic carbocycles. The Morgan fingerprint density at radius 2 is 2.18 bits per heavy atom. The summed E-state index contributed by atoms with van der Waals surface area (Å²) < 4.78 is 24.8. The van der Waals surface area contributed by atoms with Crippen molar-refractivity contribution in [2.45, 2.75) is 11.3 Å². The lowest BCUT2D eigenvalue weighted by molar-refractivity contribution is 0.627. The molecule has 1 atom stereocenters. The summed E-state index contributed by atoms with van der Waals surface area (Å²) in [6.45, 7) is 0. The van der Waals surface area contributed by atoms with Crippen molar-refractivity contribution in [1.29, 1.82) is 0 Å². The van der Waals surface area contributed by atoms with Crippen LogP contribution < -0.4 is 5.73 Å². The van der Waals surface area contributed by atoms with Gasteiger partial charge in [-0.1, -0.05) is 6.07 Å². The number of nitrogens with two attached hydrogens (primary N) is 1. The second-order valence-electron chi connectivity index (χ2n) is 3.56. The predicted molar refractivity (Wildman–Crippen MR) is 70.1 cm³/mol. The summed E-state index contributed by atoms with van der Waals surface area (Å²) in [5, 5.41) is 1.99. The Morgan fingerprint density at radius 3 is 2.82 bits per heavy atom. The minimum atomic E-state index is -1.17. The minimum absolute atomic E-state index is 0.259. The molecule has 1 aromatic heterocycles. The highest BCUT2D eigenvalue weighted by Crippen LogP contribution is 2.19. The van der Waals surface area contributed by atoms with Crippen LogP contribution in [0.15, 0.2) is 40.6 Å². The van der Waals surface area contributed by atoms with Crippen molar-refractivity contribution in [2.24, 2.45) is 0 Å². The molecule has 2 nitrogen and oxygen atoms in total.